The molecule has 0 amide bonds. The maximum atomic E-state index is 10.9. The summed E-state index contributed by atoms with van der Waals surface area (Å²) in [6, 6.07) is 12.1. The lowest BCUT2D eigenvalue weighted by Gasteiger charge is -2.36. The molecule has 1 aliphatic heterocycles. The van der Waals surface area contributed by atoms with Gasteiger partial charge in [0, 0.05) is 19.3 Å². The molecule has 2 aromatic heterocycles. The van der Waals surface area contributed by atoms with Gasteiger partial charge in [0.25, 0.3) is 0 Å². The molecule has 6 nitrogen and oxygen atoms in total. The highest BCUT2D eigenvalue weighted by molar-refractivity contribution is 5.75. The molecule has 0 radical (unpaired) electrons. The molecule has 1 saturated carbocycles. The van der Waals surface area contributed by atoms with Crippen molar-refractivity contribution in [3.05, 3.63) is 48.9 Å². The van der Waals surface area contributed by atoms with Crippen molar-refractivity contribution >= 4 is 16.9 Å². The van der Waals surface area contributed by atoms with Gasteiger partial charge in [-0.1, -0.05) is 12.1 Å². The third-order valence-electron chi connectivity index (χ3n) is 6.22. The van der Waals surface area contributed by atoms with Crippen molar-refractivity contribution in [1.82, 2.24) is 14.5 Å². The first kappa shape index (κ1) is 16.6. The number of aliphatic hydroxyl groups is 1. The minimum absolute atomic E-state index is 0.0734. The summed E-state index contributed by atoms with van der Waals surface area (Å²) in [6.45, 7) is 1.88. The van der Waals surface area contributed by atoms with Gasteiger partial charge in [0.15, 0.2) is 11.6 Å². The van der Waals surface area contributed by atoms with Crippen LogP contribution in [0, 0.1) is 11.8 Å². The minimum Gasteiger partial charge on any atom is -0.493 e. The van der Waals surface area contributed by atoms with Crippen molar-refractivity contribution in [2.24, 2.45) is 11.8 Å². The van der Waals surface area contributed by atoms with Crippen LogP contribution in [0.3, 0.4) is 0 Å². The number of hydrogen-bond acceptors (Lipinski definition) is 5. The number of para-hydroxylation sites is 2. The fraction of sp³-hybridized carbons (Fsp3) is 0.429. The fourth-order valence-corrected chi connectivity index (χ4v) is 4.90. The molecular weight excluding hydrogens is 340 g/mol. The summed E-state index contributed by atoms with van der Waals surface area (Å²) < 4.78 is 7.66. The maximum absolute atomic E-state index is 10.9. The van der Waals surface area contributed by atoms with Gasteiger partial charge in [-0.2, -0.15) is 0 Å². The summed E-state index contributed by atoms with van der Waals surface area (Å²) in [4.78, 5) is 11.4. The smallest absolute Gasteiger partial charge is 0.171 e. The molecule has 6 heteroatoms. The molecular formula is C21H24N4O2. The maximum Gasteiger partial charge on any atom is 0.171 e. The van der Waals surface area contributed by atoms with Gasteiger partial charge < -0.3 is 19.3 Å². The molecule has 5 rings (SSSR count). The number of methoxy groups -OCH3 is 1. The Morgan fingerprint density at radius 3 is 2.70 bits per heavy atom. The van der Waals surface area contributed by atoms with E-state index in [0.717, 1.165) is 48.5 Å². The van der Waals surface area contributed by atoms with Gasteiger partial charge in [0.05, 0.1) is 36.6 Å². The summed E-state index contributed by atoms with van der Waals surface area (Å²) in [5.41, 5.74) is 2.08. The summed E-state index contributed by atoms with van der Waals surface area (Å²) in [6.07, 6.45) is 5.11. The predicted molar refractivity (Wildman–Crippen MR) is 104 cm³/mol. The Balaban J connectivity index is 1.40. The lowest BCUT2D eigenvalue weighted by atomic mass is 9.77. The van der Waals surface area contributed by atoms with Gasteiger partial charge in [-0.25, -0.2) is 9.97 Å². The van der Waals surface area contributed by atoms with Gasteiger partial charge in [0.2, 0.25) is 0 Å². The van der Waals surface area contributed by atoms with Crippen LogP contribution in [0.5, 0.6) is 5.75 Å². The van der Waals surface area contributed by atoms with Gasteiger partial charge in [-0.3, -0.25) is 0 Å². The topological polar surface area (TPSA) is 63.4 Å². The van der Waals surface area contributed by atoms with Crippen molar-refractivity contribution in [2.45, 2.75) is 25.0 Å². The van der Waals surface area contributed by atoms with E-state index in [-0.39, 0.29) is 12.1 Å². The Morgan fingerprint density at radius 2 is 1.85 bits per heavy atom. The Morgan fingerprint density at radius 1 is 1.04 bits per heavy atom. The van der Waals surface area contributed by atoms with Crippen LogP contribution in [0.25, 0.3) is 11.0 Å². The number of aliphatic hydroxyl groups excluding tert-OH is 1. The van der Waals surface area contributed by atoms with Crippen molar-refractivity contribution < 1.29 is 9.84 Å². The third-order valence-corrected chi connectivity index (χ3v) is 6.22. The highest BCUT2D eigenvalue weighted by atomic mass is 16.5. The molecule has 2 aliphatic rings. The lowest BCUT2D eigenvalue weighted by molar-refractivity contribution is 0.0375. The number of hydrogen-bond donors (Lipinski definition) is 1. The average Bonchev–Trinajstić information content (AvgIpc) is 3.31. The van der Waals surface area contributed by atoms with Crippen molar-refractivity contribution in [3.8, 4) is 5.75 Å². The molecule has 140 valence electrons. The monoisotopic (exact) mass is 364 g/mol. The van der Waals surface area contributed by atoms with E-state index >= 15 is 0 Å². The Bertz CT molecular complexity index is 956. The third kappa shape index (κ3) is 2.75. The van der Waals surface area contributed by atoms with Gasteiger partial charge in [0.1, 0.15) is 0 Å². The number of pyridine rings is 1. The SMILES string of the molecule is COc1cccnc1N1C[C@H]2C[C@@H](n3cnc4ccccc43)[C@H](O)C[C@H]2C1. The van der Waals surface area contributed by atoms with Crippen LogP contribution in [0.4, 0.5) is 5.82 Å². The number of nitrogens with zero attached hydrogens (tertiary/aromatic N) is 4. The number of fused-ring (bicyclic) bond motifs is 2. The summed E-state index contributed by atoms with van der Waals surface area (Å²) in [7, 11) is 1.69. The average molecular weight is 364 g/mol. The van der Waals surface area contributed by atoms with Crippen LogP contribution < -0.4 is 9.64 Å². The van der Waals surface area contributed by atoms with Crippen LogP contribution in [-0.4, -0.2) is 45.9 Å². The fourth-order valence-electron chi connectivity index (χ4n) is 4.90. The zero-order valence-electron chi connectivity index (χ0n) is 15.4. The predicted octanol–water partition coefficient (Wildman–Crippen LogP) is 2.89. The molecule has 1 aliphatic carbocycles. The molecule has 0 spiro atoms. The Hall–Kier alpha value is -2.60. The van der Waals surface area contributed by atoms with Crippen molar-refractivity contribution in [2.75, 3.05) is 25.1 Å². The van der Waals surface area contributed by atoms with Gasteiger partial charge >= 0.3 is 0 Å². The number of imidazole rings is 1. The van der Waals surface area contributed by atoms with Crippen LogP contribution in [0.2, 0.25) is 0 Å². The van der Waals surface area contributed by atoms with Crippen LogP contribution >= 0.6 is 0 Å². The lowest BCUT2D eigenvalue weighted by Crippen LogP contribution is -2.36. The highest BCUT2D eigenvalue weighted by Gasteiger charge is 2.43. The zero-order valence-corrected chi connectivity index (χ0v) is 15.4. The largest absolute Gasteiger partial charge is 0.493 e. The number of aromatic nitrogens is 3. The van der Waals surface area contributed by atoms with E-state index < -0.39 is 0 Å². The van der Waals surface area contributed by atoms with Gasteiger partial charge in [-0.05, 0) is 48.9 Å². The second-order valence-electron chi connectivity index (χ2n) is 7.70. The van der Waals surface area contributed by atoms with Crippen LogP contribution in [0.1, 0.15) is 18.9 Å². The number of benzene rings is 1. The number of rotatable bonds is 3. The van der Waals surface area contributed by atoms with E-state index in [4.69, 9.17) is 4.74 Å². The van der Waals surface area contributed by atoms with Gasteiger partial charge in [-0.15, -0.1) is 0 Å². The second-order valence-corrected chi connectivity index (χ2v) is 7.70. The Kier molecular flexibility index (Phi) is 4.01. The van der Waals surface area contributed by atoms with Crippen LogP contribution in [-0.2, 0) is 0 Å². The van der Waals surface area contributed by atoms with E-state index in [1.165, 1.54) is 0 Å². The molecule has 4 atom stereocenters. The molecule has 27 heavy (non-hydrogen) atoms. The standard InChI is InChI=1S/C21H24N4O2/c1-27-20-7-4-8-22-21(20)24-11-14-9-18(19(26)10-15(14)12-24)25-13-23-16-5-2-3-6-17(16)25/h2-8,13-15,18-19,26H,9-12H2,1H3/t14-,15+,18-,19-/m1/s1. The van der Waals surface area contributed by atoms with E-state index in [1.807, 2.05) is 42.9 Å². The molecule has 3 aromatic rings. The molecule has 2 fully saturated rings. The first-order valence-corrected chi connectivity index (χ1v) is 9.58. The molecule has 0 bridgehead atoms. The number of ether oxygens (including phenoxy) is 1. The molecule has 1 N–H and O–H groups in total. The van der Waals surface area contributed by atoms with E-state index in [9.17, 15) is 5.11 Å². The zero-order chi connectivity index (χ0) is 18.4. The molecule has 3 heterocycles. The highest BCUT2D eigenvalue weighted by Crippen LogP contribution is 2.44. The second kappa shape index (κ2) is 6.53. The summed E-state index contributed by atoms with van der Waals surface area (Å²) >= 11 is 0. The minimum atomic E-state index is -0.352. The molecule has 1 saturated heterocycles. The molecule has 0 unspecified atom stereocenters. The first-order chi connectivity index (χ1) is 13.2. The normalized spacial score (nSPS) is 27.7. The van der Waals surface area contributed by atoms with Crippen molar-refractivity contribution in [3.63, 3.8) is 0 Å². The molecule has 1 aromatic carbocycles. The van der Waals surface area contributed by atoms with E-state index in [1.54, 1.807) is 7.11 Å². The first-order valence-electron chi connectivity index (χ1n) is 9.58. The Labute approximate surface area is 158 Å². The van der Waals surface area contributed by atoms with E-state index in [2.05, 4.69) is 25.5 Å². The summed E-state index contributed by atoms with van der Waals surface area (Å²) in [5.74, 6) is 2.74. The van der Waals surface area contributed by atoms with E-state index in [0.29, 0.717) is 11.8 Å². The van der Waals surface area contributed by atoms with Crippen LogP contribution in [0.15, 0.2) is 48.9 Å². The summed E-state index contributed by atoms with van der Waals surface area (Å²) in [5, 5.41) is 10.9. The quantitative estimate of drug-likeness (QED) is 0.774. The number of anilines is 1. The van der Waals surface area contributed by atoms with Crippen molar-refractivity contribution in [1.29, 1.82) is 0 Å².